The second-order valence-corrected chi connectivity index (χ2v) is 5.93. The van der Waals surface area contributed by atoms with Gasteiger partial charge in [-0.25, -0.2) is 0 Å². The molecule has 2 aromatic rings. The predicted octanol–water partition coefficient (Wildman–Crippen LogP) is 3.48. The molecule has 2 aromatic carbocycles. The van der Waals surface area contributed by atoms with Crippen molar-refractivity contribution in [1.82, 2.24) is 0 Å². The third-order valence-electron chi connectivity index (χ3n) is 3.74. The van der Waals surface area contributed by atoms with Crippen LogP contribution < -0.4 is 0 Å². The Morgan fingerprint density at radius 3 is 2.11 bits per heavy atom. The molecule has 0 N–H and O–H groups in total. The van der Waals surface area contributed by atoms with E-state index in [0.29, 0.717) is 19.5 Å². The van der Waals surface area contributed by atoms with Gasteiger partial charge in [0.2, 0.25) is 0 Å². The number of hydrogen-bond acceptors (Lipinski definition) is 5. The van der Waals surface area contributed by atoms with Crippen molar-refractivity contribution in [2.24, 2.45) is 0 Å². The lowest BCUT2D eigenvalue weighted by Gasteiger charge is -2.24. The Bertz CT molecular complexity index is 712. The fraction of sp³-hybridized carbons (Fsp3) is 0.273. The molecule has 2 atom stereocenters. The van der Waals surface area contributed by atoms with E-state index < -0.39 is 18.2 Å². The molecule has 0 unspecified atom stereocenters. The zero-order valence-electron chi connectivity index (χ0n) is 15.3. The highest BCUT2D eigenvalue weighted by Gasteiger charge is 2.23. The summed E-state index contributed by atoms with van der Waals surface area (Å²) in [6.07, 6.45) is 2.31. The molecule has 0 saturated heterocycles. The summed E-state index contributed by atoms with van der Waals surface area (Å²) in [7, 11) is 0. The van der Waals surface area contributed by atoms with Gasteiger partial charge < -0.3 is 14.2 Å². The molecule has 0 saturated carbocycles. The van der Waals surface area contributed by atoms with E-state index in [1.165, 1.54) is 13.0 Å². The van der Waals surface area contributed by atoms with Crippen LogP contribution >= 0.6 is 0 Å². The molecule has 0 bridgehead atoms. The van der Waals surface area contributed by atoms with E-state index in [2.05, 4.69) is 0 Å². The second-order valence-electron chi connectivity index (χ2n) is 5.93. The van der Waals surface area contributed by atoms with Crippen LogP contribution in [0.4, 0.5) is 0 Å². The Labute approximate surface area is 159 Å². The Kier molecular flexibility index (Phi) is 8.96. The summed E-state index contributed by atoms with van der Waals surface area (Å²) in [5.41, 5.74) is 2.00. The number of esters is 1. The van der Waals surface area contributed by atoms with Crippen LogP contribution in [0, 0.1) is 0 Å². The van der Waals surface area contributed by atoms with Gasteiger partial charge in [-0.15, -0.1) is 0 Å². The smallest absolute Gasteiger partial charge is 0.303 e. The van der Waals surface area contributed by atoms with Crippen molar-refractivity contribution in [1.29, 1.82) is 0 Å². The topological polar surface area (TPSA) is 61.8 Å². The van der Waals surface area contributed by atoms with Crippen molar-refractivity contribution in [3.63, 3.8) is 0 Å². The summed E-state index contributed by atoms with van der Waals surface area (Å²) in [6, 6.07) is 19.3. The molecule has 2 rings (SSSR count). The van der Waals surface area contributed by atoms with Crippen LogP contribution in [0.1, 0.15) is 18.1 Å². The van der Waals surface area contributed by atoms with Gasteiger partial charge in [0.25, 0.3) is 0 Å². The van der Waals surface area contributed by atoms with E-state index in [4.69, 9.17) is 14.2 Å². The van der Waals surface area contributed by atoms with Gasteiger partial charge in [-0.1, -0.05) is 60.7 Å². The molecule has 0 radical (unpaired) electrons. The van der Waals surface area contributed by atoms with Gasteiger partial charge in [-0.05, 0) is 23.3 Å². The molecule has 0 heterocycles. The number of ether oxygens (including phenoxy) is 3. The Morgan fingerprint density at radius 1 is 0.963 bits per heavy atom. The molecule has 0 fully saturated rings. The molecule has 27 heavy (non-hydrogen) atoms. The summed E-state index contributed by atoms with van der Waals surface area (Å²) in [6.45, 7) is 2.20. The third-order valence-corrected chi connectivity index (χ3v) is 3.74. The largest absolute Gasteiger partial charge is 0.457 e. The van der Waals surface area contributed by atoms with Gasteiger partial charge in [0.05, 0.1) is 19.8 Å². The third kappa shape index (κ3) is 7.98. The molecular formula is C22H24O5. The van der Waals surface area contributed by atoms with Crippen LogP contribution in [0.5, 0.6) is 0 Å². The SMILES string of the molecule is CC(=O)O[C@H](COCc1ccccc1)[C@@H](/C=C/C=O)OCc1ccccc1. The molecule has 0 aliphatic carbocycles. The van der Waals surface area contributed by atoms with Crippen molar-refractivity contribution in [3.05, 3.63) is 83.9 Å². The van der Waals surface area contributed by atoms with E-state index in [1.54, 1.807) is 6.08 Å². The van der Waals surface area contributed by atoms with Crippen LogP contribution in [0.15, 0.2) is 72.8 Å². The van der Waals surface area contributed by atoms with Gasteiger partial charge in [0.1, 0.15) is 12.4 Å². The maximum absolute atomic E-state index is 11.5. The minimum Gasteiger partial charge on any atom is -0.457 e. The van der Waals surface area contributed by atoms with E-state index >= 15 is 0 Å². The standard InChI is InChI=1S/C22H24O5/c1-18(24)27-22(17-25-15-19-9-4-2-5-10-19)21(13-8-14-23)26-16-20-11-6-3-7-12-20/h2-14,21-22H,15-17H2,1H3/b13-8+/t21-,22-/m1/s1. The minimum atomic E-state index is -0.661. The quantitative estimate of drug-likeness (QED) is 0.345. The average molecular weight is 368 g/mol. The number of carbonyl (C=O) groups excluding carboxylic acids is 2. The highest BCUT2D eigenvalue weighted by Crippen LogP contribution is 2.13. The average Bonchev–Trinajstić information content (AvgIpc) is 2.69. The minimum absolute atomic E-state index is 0.150. The summed E-state index contributed by atoms with van der Waals surface area (Å²) in [5.74, 6) is -0.434. The van der Waals surface area contributed by atoms with E-state index in [-0.39, 0.29) is 6.61 Å². The van der Waals surface area contributed by atoms with Gasteiger partial charge in [0, 0.05) is 6.92 Å². The molecule has 0 aromatic heterocycles. The normalized spacial score (nSPS) is 13.2. The van der Waals surface area contributed by atoms with Crippen molar-refractivity contribution >= 4 is 12.3 Å². The summed E-state index contributed by atoms with van der Waals surface area (Å²) >= 11 is 0. The summed E-state index contributed by atoms with van der Waals surface area (Å²) in [5, 5.41) is 0. The Hall–Kier alpha value is -2.76. The number of rotatable bonds is 11. The molecule has 0 amide bonds. The van der Waals surface area contributed by atoms with Crippen LogP contribution in [-0.2, 0) is 37.0 Å². The van der Waals surface area contributed by atoms with Gasteiger partial charge in [-0.3, -0.25) is 9.59 Å². The lowest BCUT2D eigenvalue weighted by molar-refractivity contribution is -0.158. The molecular weight excluding hydrogens is 344 g/mol. The van der Waals surface area contributed by atoms with E-state index in [0.717, 1.165) is 11.1 Å². The van der Waals surface area contributed by atoms with Gasteiger partial charge in [0.15, 0.2) is 6.10 Å². The zero-order valence-corrected chi connectivity index (χ0v) is 15.3. The fourth-order valence-corrected chi connectivity index (χ4v) is 2.48. The number of hydrogen-bond donors (Lipinski definition) is 0. The van der Waals surface area contributed by atoms with Crippen LogP contribution in [-0.4, -0.2) is 31.1 Å². The first-order valence-electron chi connectivity index (χ1n) is 8.75. The molecule has 0 spiro atoms. The molecule has 0 aliphatic rings. The first-order valence-corrected chi connectivity index (χ1v) is 8.75. The van der Waals surface area contributed by atoms with Crippen molar-refractivity contribution < 1.29 is 23.8 Å². The van der Waals surface area contributed by atoms with Crippen LogP contribution in [0.25, 0.3) is 0 Å². The van der Waals surface area contributed by atoms with Crippen LogP contribution in [0.2, 0.25) is 0 Å². The van der Waals surface area contributed by atoms with Gasteiger partial charge in [-0.2, -0.15) is 0 Å². The summed E-state index contributed by atoms with van der Waals surface area (Å²) < 4.78 is 17.0. The lowest BCUT2D eigenvalue weighted by Crippen LogP contribution is -2.35. The highest BCUT2D eigenvalue weighted by molar-refractivity contribution is 5.66. The maximum atomic E-state index is 11.5. The van der Waals surface area contributed by atoms with E-state index in [1.807, 2.05) is 60.7 Å². The van der Waals surface area contributed by atoms with Gasteiger partial charge >= 0.3 is 5.97 Å². The maximum Gasteiger partial charge on any atom is 0.303 e. The summed E-state index contributed by atoms with van der Waals surface area (Å²) in [4.78, 5) is 22.3. The second kappa shape index (κ2) is 11.8. The fourth-order valence-electron chi connectivity index (χ4n) is 2.48. The number of carbonyl (C=O) groups is 2. The van der Waals surface area contributed by atoms with Crippen molar-refractivity contribution in [2.45, 2.75) is 32.3 Å². The predicted molar refractivity (Wildman–Crippen MR) is 102 cm³/mol. The van der Waals surface area contributed by atoms with Crippen LogP contribution in [0.3, 0.4) is 0 Å². The highest BCUT2D eigenvalue weighted by atomic mass is 16.6. The molecule has 5 heteroatoms. The Balaban J connectivity index is 2.00. The first-order chi connectivity index (χ1) is 13.2. The van der Waals surface area contributed by atoms with Crippen molar-refractivity contribution in [2.75, 3.05) is 6.61 Å². The lowest BCUT2D eigenvalue weighted by atomic mass is 10.2. The Morgan fingerprint density at radius 2 is 1.56 bits per heavy atom. The van der Waals surface area contributed by atoms with E-state index in [9.17, 15) is 9.59 Å². The molecule has 0 aliphatic heterocycles. The number of benzene rings is 2. The number of allylic oxidation sites excluding steroid dienone is 1. The number of aldehydes is 1. The first kappa shape index (κ1) is 20.6. The molecule has 5 nitrogen and oxygen atoms in total. The molecule has 142 valence electrons. The van der Waals surface area contributed by atoms with Crippen molar-refractivity contribution in [3.8, 4) is 0 Å². The zero-order chi connectivity index (χ0) is 19.3. The monoisotopic (exact) mass is 368 g/mol.